The van der Waals surface area contributed by atoms with Crippen LogP contribution in [0.4, 0.5) is 11.4 Å². The molecule has 0 radical (unpaired) electrons. The highest BCUT2D eigenvalue weighted by Gasteiger charge is 2.56. The number of rotatable bonds is 3. The van der Waals surface area contributed by atoms with Gasteiger partial charge in [-0.1, -0.05) is 52.7 Å². The number of thioether (sulfide) groups is 1. The van der Waals surface area contributed by atoms with Crippen molar-refractivity contribution < 1.29 is 9.53 Å². The number of hydrogen-bond donors (Lipinski definition) is 1. The summed E-state index contributed by atoms with van der Waals surface area (Å²) in [7, 11) is 1.63. The fraction of sp³-hybridized carbons (Fsp3) is 0.130. The number of fused-ring (bicyclic) bond motifs is 2. The number of carbonyl (C=O) groups excluding carboxylic acids is 1. The molecule has 0 saturated heterocycles. The van der Waals surface area contributed by atoms with Crippen LogP contribution in [0.1, 0.15) is 16.7 Å². The van der Waals surface area contributed by atoms with Gasteiger partial charge in [0.05, 0.1) is 28.5 Å². The molecule has 31 heavy (non-hydrogen) atoms. The number of hydrazone groups is 1. The van der Waals surface area contributed by atoms with Crippen LogP contribution in [0, 0.1) is 6.92 Å². The monoisotopic (exact) mass is 469 g/mol. The van der Waals surface area contributed by atoms with Gasteiger partial charge in [-0.15, -0.1) is 0 Å². The summed E-state index contributed by atoms with van der Waals surface area (Å²) in [6.45, 7) is 2.01. The van der Waals surface area contributed by atoms with Gasteiger partial charge in [-0.05, 0) is 55.5 Å². The van der Waals surface area contributed by atoms with E-state index in [2.05, 4.69) is 10.5 Å². The molecular weight excluding hydrogens is 453 g/mol. The van der Waals surface area contributed by atoms with Crippen LogP contribution in [0.2, 0.25) is 10.0 Å². The summed E-state index contributed by atoms with van der Waals surface area (Å²) in [5, 5.41) is 6.10. The number of halogens is 2. The molecule has 8 heteroatoms. The highest BCUT2D eigenvalue weighted by atomic mass is 35.5. The lowest BCUT2D eigenvalue weighted by Gasteiger charge is -2.23. The summed E-state index contributed by atoms with van der Waals surface area (Å²) in [6.07, 6.45) is 0. The molecule has 0 fully saturated rings. The van der Waals surface area contributed by atoms with Crippen LogP contribution in [-0.2, 0) is 9.67 Å². The predicted molar refractivity (Wildman–Crippen MR) is 127 cm³/mol. The Labute approximate surface area is 194 Å². The van der Waals surface area contributed by atoms with E-state index in [1.165, 1.54) is 11.8 Å². The fourth-order valence-corrected chi connectivity index (χ4v) is 5.24. The van der Waals surface area contributed by atoms with Crippen molar-refractivity contribution in [2.24, 2.45) is 5.10 Å². The Morgan fingerprint density at radius 3 is 2.52 bits per heavy atom. The highest BCUT2D eigenvalue weighted by Crippen LogP contribution is 2.53. The van der Waals surface area contributed by atoms with Crippen LogP contribution in [0.15, 0.2) is 65.8 Å². The first kappa shape index (κ1) is 20.2. The number of hydrogen-bond acceptors (Lipinski definition) is 5. The highest BCUT2D eigenvalue weighted by molar-refractivity contribution is 8.16. The second kappa shape index (κ2) is 7.48. The normalized spacial score (nSPS) is 19.4. The van der Waals surface area contributed by atoms with E-state index >= 15 is 0 Å². The maximum absolute atomic E-state index is 13.8. The SMILES string of the molecule is COc1ccc(C2=NNC3(S2)C(=O)N(c2ccc(Cl)c(Cl)c2)c2ccc(C)cc23)cc1. The summed E-state index contributed by atoms with van der Waals surface area (Å²) in [4.78, 5) is 14.5. The number of aryl methyl sites for hydroxylation is 1. The molecule has 2 aliphatic heterocycles. The maximum Gasteiger partial charge on any atom is 0.274 e. The second-order valence-corrected chi connectivity index (χ2v) is 9.32. The smallest absolute Gasteiger partial charge is 0.274 e. The third kappa shape index (κ3) is 3.17. The van der Waals surface area contributed by atoms with E-state index < -0.39 is 4.87 Å². The van der Waals surface area contributed by atoms with Gasteiger partial charge in [-0.2, -0.15) is 5.10 Å². The zero-order valence-electron chi connectivity index (χ0n) is 16.6. The Morgan fingerprint density at radius 1 is 1.03 bits per heavy atom. The van der Waals surface area contributed by atoms with E-state index in [1.54, 1.807) is 30.2 Å². The van der Waals surface area contributed by atoms with E-state index in [-0.39, 0.29) is 5.91 Å². The molecule has 3 aromatic rings. The number of nitrogens with zero attached hydrogens (tertiary/aromatic N) is 2. The molecule has 1 spiro atoms. The molecule has 5 nitrogen and oxygen atoms in total. The van der Waals surface area contributed by atoms with Crippen molar-refractivity contribution in [2.45, 2.75) is 11.8 Å². The van der Waals surface area contributed by atoms with Gasteiger partial charge in [-0.25, -0.2) is 0 Å². The Hall–Kier alpha value is -2.67. The summed E-state index contributed by atoms with van der Waals surface area (Å²) in [6, 6.07) is 18.8. The Kier molecular flexibility index (Phi) is 4.88. The Bertz CT molecular complexity index is 1250. The molecule has 1 N–H and O–H groups in total. The minimum atomic E-state index is -1.05. The van der Waals surface area contributed by atoms with Crippen molar-refractivity contribution in [3.8, 4) is 5.75 Å². The van der Waals surface area contributed by atoms with Gasteiger partial charge in [-0.3, -0.25) is 15.1 Å². The number of nitrogens with one attached hydrogen (secondary N) is 1. The number of methoxy groups -OCH3 is 1. The van der Waals surface area contributed by atoms with Crippen LogP contribution in [0.5, 0.6) is 5.75 Å². The van der Waals surface area contributed by atoms with Crippen molar-refractivity contribution in [1.29, 1.82) is 0 Å². The Morgan fingerprint density at radius 2 is 1.81 bits per heavy atom. The van der Waals surface area contributed by atoms with Gasteiger partial charge < -0.3 is 4.74 Å². The van der Waals surface area contributed by atoms with Gasteiger partial charge in [0.15, 0.2) is 0 Å². The third-order valence-corrected chi connectivity index (χ3v) is 7.39. The molecule has 0 saturated carbocycles. The third-order valence-electron chi connectivity index (χ3n) is 5.34. The molecule has 2 heterocycles. The maximum atomic E-state index is 13.8. The van der Waals surface area contributed by atoms with E-state index in [9.17, 15) is 4.79 Å². The molecule has 0 bridgehead atoms. The summed E-state index contributed by atoms with van der Waals surface area (Å²) < 4.78 is 5.24. The molecule has 156 valence electrons. The fourth-order valence-electron chi connectivity index (χ4n) is 3.77. The lowest BCUT2D eigenvalue weighted by molar-refractivity contribution is -0.120. The first-order valence-corrected chi connectivity index (χ1v) is 11.1. The number of amides is 1. The van der Waals surface area contributed by atoms with Gasteiger partial charge in [0.25, 0.3) is 5.91 Å². The Balaban J connectivity index is 1.57. The number of ether oxygens (including phenoxy) is 1. The topological polar surface area (TPSA) is 53.9 Å². The molecule has 2 aliphatic rings. The molecule has 1 unspecified atom stereocenters. The molecule has 5 rings (SSSR count). The van der Waals surface area contributed by atoms with E-state index in [0.717, 1.165) is 33.2 Å². The predicted octanol–water partition coefficient (Wildman–Crippen LogP) is 5.84. The zero-order chi connectivity index (χ0) is 21.8. The first-order chi connectivity index (χ1) is 14.9. The second-order valence-electron chi connectivity index (χ2n) is 7.30. The number of anilines is 2. The van der Waals surface area contributed by atoms with Crippen LogP contribution in [-0.4, -0.2) is 18.1 Å². The number of carbonyl (C=O) groups is 1. The minimum absolute atomic E-state index is 0.135. The molecule has 1 amide bonds. The van der Waals surface area contributed by atoms with Crippen molar-refractivity contribution >= 4 is 57.3 Å². The van der Waals surface area contributed by atoms with E-state index in [1.807, 2.05) is 49.4 Å². The van der Waals surface area contributed by atoms with Gasteiger partial charge in [0, 0.05) is 11.1 Å². The quantitative estimate of drug-likeness (QED) is 0.523. The lowest BCUT2D eigenvalue weighted by Crippen LogP contribution is -2.42. The minimum Gasteiger partial charge on any atom is -0.497 e. The summed E-state index contributed by atoms with van der Waals surface area (Å²) in [5.41, 5.74) is 7.41. The molecule has 1 atom stereocenters. The number of benzene rings is 3. The average Bonchev–Trinajstić information content (AvgIpc) is 3.32. The van der Waals surface area contributed by atoms with Crippen molar-refractivity contribution in [3.05, 3.63) is 87.4 Å². The van der Waals surface area contributed by atoms with Crippen molar-refractivity contribution in [2.75, 3.05) is 12.0 Å². The molecule has 3 aromatic carbocycles. The summed E-state index contributed by atoms with van der Waals surface area (Å²) >= 11 is 13.7. The lowest BCUT2D eigenvalue weighted by atomic mass is 10.1. The van der Waals surface area contributed by atoms with E-state index in [0.29, 0.717) is 15.7 Å². The molecule has 0 aromatic heterocycles. The van der Waals surface area contributed by atoms with Crippen LogP contribution < -0.4 is 15.1 Å². The van der Waals surface area contributed by atoms with Crippen LogP contribution >= 0.6 is 35.0 Å². The van der Waals surface area contributed by atoms with Crippen LogP contribution in [0.3, 0.4) is 0 Å². The van der Waals surface area contributed by atoms with Crippen LogP contribution in [0.25, 0.3) is 0 Å². The standard InChI is InChI=1S/C23H17Cl2N3O2S/c1-13-3-10-20-17(11-13)23(22(29)28(20)15-6-9-18(24)19(25)12-15)27-26-21(31-23)14-4-7-16(30-2)8-5-14/h3-12,27H,1-2H3. The van der Waals surface area contributed by atoms with Gasteiger partial charge in [0.1, 0.15) is 10.8 Å². The van der Waals surface area contributed by atoms with E-state index in [4.69, 9.17) is 27.9 Å². The summed E-state index contributed by atoms with van der Waals surface area (Å²) in [5.74, 6) is 0.627. The molecule has 0 aliphatic carbocycles. The molecular formula is C23H17Cl2N3O2S. The first-order valence-electron chi connectivity index (χ1n) is 9.52. The average molecular weight is 470 g/mol. The zero-order valence-corrected chi connectivity index (χ0v) is 19.0. The van der Waals surface area contributed by atoms with Gasteiger partial charge >= 0.3 is 0 Å². The van der Waals surface area contributed by atoms with Crippen molar-refractivity contribution in [1.82, 2.24) is 5.43 Å². The largest absolute Gasteiger partial charge is 0.497 e. The van der Waals surface area contributed by atoms with Crippen molar-refractivity contribution in [3.63, 3.8) is 0 Å². The van der Waals surface area contributed by atoms with Gasteiger partial charge in [0.2, 0.25) is 4.87 Å².